The van der Waals surface area contributed by atoms with E-state index in [1.807, 2.05) is 0 Å². The molecule has 1 aliphatic heterocycles. The lowest BCUT2D eigenvalue weighted by Gasteiger charge is -2.38. The third-order valence-electron chi connectivity index (χ3n) is 4.77. The normalized spacial score (nSPS) is 25.0. The summed E-state index contributed by atoms with van der Waals surface area (Å²) in [6.45, 7) is 9.95. The highest BCUT2D eigenvalue weighted by Gasteiger charge is 2.25. The first-order chi connectivity index (χ1) is 10.1. The molecule has 1 aromatic rings. The second-order valence-electron chi connectivity index (χ2n) is 6.20. The van der Waals surface area contributed by atoms with Gasteiger partial charge < -0.3 is 10.2 Å². The van der Waals surface area contributed by atoms with Crippen LogP contribution in [-0.2, 0) is 0 Å². The highest BCUT2D eigenvalue weighted by molar-refractivity contribution is 5.10. The lowest BCUT2D eigenvalue weighted by molar-refractivity contribution is 0.108. The number of nitrogens with zero attached hydrogens (tertiary/aromatic N) is 2. The van der Waals surface area contributed by atoms with E-state index in [0.717, 1.165) is 31.1 Å². The number of likely N-dealkylation sites (tertiary alicyclic amines) is 1. The molecule has 0 amide bonds. The van der Waals surface area contributed by atoms with Gasteiger partial charge in [0, 0.05) is 12.6 Å². The molecule has 0 aromatic carbocycles. The topological polar surface area (TPSA) is 28.2 Å². The summed E-state index contributed by atoms with van der Waals surface area (Å²) in [6.07, 6.45) is 4.97. The Hall–Kier alpha value is -1.00. The molecule has 0 spiro atoms. The number of hydrogen-bond donors (Lipinski definition) is 1. The van der Waals surface area contributed by atoms with Gasteiger partial charge in [0.15, 0.2) is 0 Å². The Bertz CT molecular complexity index is 421. The average molecular weight is 293 g/mol. The van der Waals surface area contributed by atoms with Gasteiger partial charge in [0.05, 0.1) is 17.9 Å². The van der Waals surface area contributed by atoms with E-state index in [0.29, 0.717) is 6.04 Å². The Balaban J connectivity index is 1.95. The van der Waals surface area contributed by atoms with Gasteiger partial charge in [-0.1, -0.05) is 13.8 Å². The van der Waals surface area contributed by atoms with Crippen molar-refractivity contribution in [3.05, 3.63) is 29.8 Å². The molecule has 0 bridgehead atoms. The van der Waals surface area contributed by atoms with Crippen molar-refractivity contribution in [3.8, 4) is 0 Å². The Morgan fingerprint density at radius 3 is 2.90 bits per heavy atom. The van der Waals surface area contributed by atoms with Crippen LogP contribution in [0.3, 0.4) is 0 Å². The third kappa shape index (κ3) is 4.48. The zero-order chi connectivity index (χ0) is 15.2. The van der Waals surface area contributed by atoms with Gasteiger partial charge in [0.1, 0.15) is 5.82 Å². The van der Waals surface area contributed by atoms with Crippen molar-refractivity contribution in [2.75, 3.05) is 19.6 Å². The number of nitrogens with one attached hydrogen (secondary N) is 1. The Kier molecular flexibility index (Phi) is 6.12. The molecule has 2 rings (SSSR count). The molecule has 0 radical (unpaired) electrons. The SMILES string of the molecule is CCNC(CCN1CCCC(C)C1C)c1ccc(F)cn1. The predicted octanol–water partition coefficient (Wildman–Crippen LogP) is 3.38. The predicted molar refractivity (Wildman–Crippen MR) is 84.7 cm³/mol. The zero-order valence-corrected chi connectivity index (χ0v) is 13.5. The maximum absolute atomic E-state index is 13.0. The number of halogens is 1. The van der Waals surface area contributed by atoms with E-state index >= 15 is 0 Å². The molecule has 0 aliphatic carbocycles. The summed E-state index contributed by atoms with van der Waals surface area (Å²) in [5.41, 5.74) is 0.941. The van der Waals surface area contributed by atoms with Crippen LogP contribution in [0.4, 0.5) is 4.39 Å². The van der Waals surface area contributed by atoms with E-state index in [1.165, 1.54) is 31.6 Å². The third-order valence-corrected chi connectivity index (χ3v) is 4.77. The lowest BCUT2D eigenvalue weighted by atomic mass is 9.91. The van der Waals surface area contributed by atoms with Gasteiger partial charge in [-0.3, -0.25) is 4.98 Å². The largest absolute Gasteiger partial charge is 0.309 e. The first-order valence-electron chi connectivity index (χ1n) is 8.20. The van der Waals surface area contributed by atoms with Gasteiger partial charge in [-0.2, -0.15) is 0 Å². The van der Waals surface area contributed by atoms with Crippen LogP contribution in [0.2, 0.25) is 0 Å². The van der Waals surface area contributed by atoms with Crippen molar-refractivity contribution in [3.63, 3.8) is 0 Å². The quantitative estimate of drug-likeness (QED) is 0.871. The van der Waals surface area contributed by atoms with Gasteiger partial charge in [0.25, 0.3) is 0 Å². The van der Waals surface area contributed by atoms with Gasteiger partial charge in [0.2, 0.25) is 0 Å². The van der Waals surface area contributed by atoms with Gasteiger partial charge in [-0.25, -0.2) is 4.39 Å². The number of rotatable bonds is 6. The van der Waals surface area contributed by atoms with Gasteiger partial charge >= 0.3 is 0 Å². The number of hydrogen-bond acceptors (Lipinski definition) is 3. The summed E-state index contributed by atoms with van der Waals surface area (Å²) in [5, 5.41) is 3.47. The monoisotopic (exact) mass is 293 g/mol. The van der Waals surface area contributed by atoms with E-state index in [1.54, 1.807) is 6.07 Å². The highest BCUT2D eigenvalue weighted by Crippen LogP contribution is 2.24. The van der Waals surface area contributed by atoms with Crippen molar-refractivity contribution in [1.29, 1.82) is 0 Å². The molecule has 1 aliphatic rings. The van der Waals surface area contributed by atoms with Crippen LogP contribution in [-0.4, -0.2) is 35.6 Å². The molecule has 3 unspecified atom stereocenters. The van der Waals surface area contributed by atoms with Crippen molar-refractivity contribution < 1.29 is 4.39 Å². The van der Waals surface area contributed by atoms with E-state index < -0.39 is 0 Å². The summed E-state index contributed by atoms with van der Waals surface area (Å²) < 4.78 is 13.0. The van der Waals surface area contributed by atoms with Crippen LogP contribution in [0.25, 0.3) is 0 Å². The van der Waals surface area contributed by atoms with Crippen LogP contribution >= 0.6 is 0 Å². The average Bonchev–Trinajstić information content (AvgIpc) is 2.48. The summed E-state index contributed by atoms with van der Waals surface area (Å²) in [5.74, 6) is 0.507. The fourth-order valence-corrected chi connectivity index (χ4v) is 3.23. The number of piperidine rings is 1. The summed E-state index contributed by atoms with van der Waals surface area (Å²) >= 11 is 0. The van der Waals surface area contributed by atoms with Crippen molar-refractivity contribution in [1.82, 2.24) is 15.2 Å². The fourth-order valence-electron chi connectivity index (χ4n) is 3.23. The summed E-state index contributed by atoms with van der Waals surface area (Å²) in [7, 11) is 0. The Morgan fingerprint density at radius 1 is 1.43 bits per heavy atom. The maximum Gasteiger partial charge on any atom is 0.141 e. The standard InChI is InChI=1S/C17H28FN3/c1-4-19-17(16-8-7-15(18)12-20-16)9-11-21-10-5-6-13(2)14(21)3/h7-8,12-14,17,19H,4-6,9-11H2,1-3H3. The molecular weight excluding hydrogens is 265 g/mol. The summed E-state index contributed by atoms with van der Waals surface area (Å²) in [4.78, 5) is 6.82. The molecule has 3 nitrogen and oxygen atoms in total. The smallest absolute Gasteiger partial charge is 0.141 e. The molecule has 1 aromatic heterocycles. The first kappa shape index (κ1) is 16.4. The Labute approximate surface area is 127 Å². The van der Waals surface area contributed by atoms with Crippen LogP contribution < -0.4 is 5.32 Å². The molecule has 2 heterocycles. The van der Waals surface area contributed by atoms with Crippen molar-refractivity contribution in [2.24, 2.45) is 5.92 Å². The molecule has 4 heteroatoms. The van der Waals surface area contributed by atoms with Crippen molar-refractivity contribution >= 4 is 0 Å². The molecule has 1 N–H and O–H groups in total. The van der Waals surface area contributed by atoms with Crippen LogP contribution in [0, 0.1) is 11.7 Å². The van der Waals surface area contributed by atoms with E-state index in [2.05, 4.69) is 36.0 Å². The Morgan fingerprint density at radius 2 is 2.24 bits per heavy atom. The van der Waals surface area contributed by atoms with Gasteiger partial charge in [-0.15, -0.1) is 0 Å². The molecule has 118 valence electrons. The van der Waals surface area contributed by atoms with E-state index in [-0.39, 0.29) is 11.9 Å². The zero-order valence-electron chi connectivity index (χ0n) is 13.5. The second kappa shape index (κ2) is 7.85. The number of aromatic nitrogens is 1. The first-order valence-corrected chi connectivity index (χ1v) is 8.20. The molecule has 1 fully saturated rings. The molecule has 1 saturated heterocycles. The van der Waals surface area contributed by atoms with Crippen LogP contribution in [0.1, 0.15) is 51.8 Å². The minimum atomic E-state index is -0.271. The highest BCUT2D eigenvalue weighted by atomic mass is 19.1. The minimum absolute atomic E-state index is 0.208. The summed E-state index contributed by atoms with van der Waals surface area (Å²) in [6, 6.07) is 4.16. The van der Waals surface area contributed by atoms with Crippen LogP contribution in [0.15, 0.2) is 18.3 Å². The second-order valence-corrected chi connectivity index (χ2v) is 6.20. The van der Waals surface area contributed by atoms with E-state index in [9.17, 15) is 4.39 Å². The molecule has 0 saturated carbocycles. The fraction of sp³-hybridized carbons (Fsp3) is 0.706. The minimum Gasteiger partial charge on any atom is -0.309 e. The molecular formula is C17H28FN3. The molecule has 21 heavy (non-hydrogen) atoms. The number of pyridine rings is 1. The lowest BCUT2D eigenvalue weighted by Crippen LogP contribution is -2.43. The van der Waals surface area contributed by atoms with Crippen LogP contribution in [0.5, 0.6) is 0 Å². The van der Waals surface area contributed by atoms with Gasteiger partial charge in [-0.05, 0) is 57.3 Å². The maximum atomic E-state index is 13.0. The van der Waals surface area contributed by atoms with E-state index in [4.69, 9.17) is 0 Å². The van der Waals surface area contributed by atoms with Crippen molar-refractivity contribution in [2.45, 2.75) is 52.1 Å². The molecule has 3 atom stereocenters.